The smallest absolute Gasteiger partial charge is 0.306 e. The van der Waals surface area contributed by atoms with Crippen LogP contribution in [-0.2, 0) is 32.7 Å². The van der Waals surface area contributed by atoms with Crippen LogP contribution in [0.15, 0.2) is 109 Å². The van der Waals surface area contributed by atoms with E-state index in [0.717, 1.165) is 83.5 Å². The predicted octanol–water partition coefficient (Wildman–Crippen LogP) is 11.7. The minimum Gasteiger partial charge on any atom is -0.756 e. The molecule has 0 amide bonds. The molecular formula is C48H78NO8P. The van der Waals surface area contributed by atoms with Gasteiger partial charge in [0.2, 0.25) is 0 Å². The van der Waals surface area contributed by atoms with Crippen molar-refractivity contribution in [3.63, 3.8) is 0 Å². The van der Waals surface area contributed by atoms with Crippen LogP contribution in [0.4, 0.5) is 0 Å². The molecule has 0 radical (unpaired) electrons. The third kappa shape index (κ3) is 42.3. The summed E-state index contributed by atoms with van der Waals surface area (Å²) >= 11 is 0. The standard InChI is InChI=1S/C48H78NO8P/c1-6-8-10-12-13-14-15-16-17-18-19-20-21-22-23-24-25-26-27-28-29-30-31-32-33-34-35-37-39-41-48(51)57-46(44-54-47(50)40-38-36-11-9-7-2)45-56-58(52,53)55-43-42-49(3,4)5/h8,10,13-14,16-17,19-20,22-23,25-26,28-29,31-32,34-35,46H,6-7,9,11-12,15,18,21,24,27,30,33,36-45H2,1-5H3/b10-8-,14-13-,17-16-,20-19-,23-22-,26-25-,29-28-,32-31-,35-34-. The first-order chi connectivity index (χ1) is 28.0. The molecule has 0 fully saturated rings. The van der Waals surface area contributed by atoms with Crippen molar-refractivity contribution >= 4 is 19.8 Å². The highest BCUT2D eigenvalue weighted by Gasteiger charge is 2.21. The number of carbonyl (C=O) groups excluding carboxylic acids is 2. The van der Waals surface area contributed by atoms with Gasteiger partial charge >= 0.3 is 11.9 Å². The molecule has 0 rings (SSSR count). The highest BCUT2D eigenvalue weighted by Crippen LogP contribution is 2.38. The molecule has 0 bridgehead atoms. The number of nitrogens with zero attached hydrogens (tertiary/aromatic N) is 1. The lowest BCUT2D eigenvalue weighted by Gasteiger charge is -2.28. The highest BCUT2D eigenvalue weighted by molar-refractivity contribution is 7.45. The molecule has 58 heavy (non-hydrogen) atoms. The van der Waals surface area contributed by atoms with Gasteiger partial charge in [-0.2, -0.15) is 0 Å². The molecule has 2 atom stereocenters. The van der Waals surface area contributed by atoms with Crippen LogP contribution in [0, 0.1) is 0 Å². The van der Waals surface area contributed by atoms with E-state index in [2.05, 4.69) is 117 Å². The fraction of sp³-hybridized carbons (Fsp3) is 0.583. The Morgan fingerprint density at radius 3 is 1.43 bits per heavy atom. The summed E-state index contributed by atoms with van der Waals surface area (Å²) in [4.78, 5) is 37.1. The topological polar surface area (TPSA) is 111 Å². The third-order valence-electron chi connectivity index (χ3n) is 8.31. The lowest BCUT2D eigenvalue weighted by molar-refractivity contribution is -0.870. The van der Waals surface area contributed by atoms with Crippen molar-refractivity contribution in [2.24, 2.45) is 0 Å². The molecule has 0 heterocycles. The summed E-state index contributed by atoms with van der Waals surface area (Å²) in [7, 11) is 1.11. The number of rotatable bonds is 37. The van der Waals surface area contributed by atoms with Crippen LogP contribution in [0.2, 0.25) is 0 Å². The number of hydrogen-bond acceptors (Lipinski definition) is 8. The van der Waals surface area contributed by atoms with Gasteiger partial charge in [0, 0.05) is 12.8 Å². The quantitative estimate of drug-likeness (QED) is 0.0200. The second-order valence-electron chi connectivity index (χ2n) is 15.0. The van der Waals surface area contributed by atoms with Crippen molar-refractivity contribution < 1.29 is 42.1 Å². The van der Waals surface area contributed by atoms with Crippen molar-refractivity contribution in [3.8, 4) is 0 Å². The molecule has 9 nitrogen and oxygen atoms in total. The molecular weight excluding hydrogens is 750 g/mol. The van der Waals surface area contributed by atoms with Crippen LogP contribution in [-0.4, -0.2) is 70.0 Å². The predicted molar refractivity (Wildman–Crippen MR) is 240 cm³/mol. The van der Waals surface area contributed by atoms with E-state index >= 15 is 0 Å². The van der Waals surface area contributed by atoms with Gasteiger partial charge in [-0.3, -0.25) is 14.2 Å². The van der Waals surface area contributed by atoms with E-state index < -0.39 is 32.5 Å². The number of ether oxygens (including phenoxy) is 2. The van der Waals surface area contributed by atoms with Gasteiger partial charge in [0.1, 0.15) is 19.8 Å². The number of esters is 2. The molecule has 0 spiro atoms. The van der Waals surface area contributed by atoms with Crippen LogP contribution < -0.4 is 4.89 Å². The first-order valence-electron chi connectivity index (χ1n) is 21.6. The van der Waals surface area contributed by atoms with Gasteiger partial charge in [0.25, 0.3) is 7.82 Å². The summed E-state index contributed by atoms with van der Waals surface area (Å²) in [5.74, 6) is -0.932. The minimum absolute atomic E-state index is 0.0478. The number of hydrogen-bond donors (Lipinski definition) is 0. The van der Waals surface area contributed by atoms with Gasteiger partial charge in [0.05, 0.1) is 27.7 Å². The Labute approximate surface area is 353 Å². The second kappa shape index (κ2) is 39.1. The minimum atomic E-state index is -4.64. The molecule has 0 aromatic carbocycles. The number of quaternary nitrogens is 1. The molecule has 0 aliphatic rings. The number of phosphoric acid groups is 1. The van der Waals surface area contributed by atoms with E-state index in [-0.39, 0.29) is 26.1 Å². The molecule has 10 heteroatoms. The normalized spacial score (nSPS) is 14.7. The number of phosphoric ester groups is 1. The third-order valence-corrected chi connectivity index (χ3v) is 9.27. The Hall–Kier alpha value is -3.33. The van der Waals surface area contributed by atoms with E-state index in [1.165, 1.54) is 0 Å². The van der Waals surface area contributed by atoms with E-state index in [4.69, 9.17) is 18.5 Å². The average Bonchev–Trinajstić information content (AvgIpc) is 3.17. The van der Waals surface area contributed by atoms with E-state index in [9.17, 15) is 19.0 Å². The first-order valence-corrected chi connectivity index (χ1v) is 23.1. The average molecular weight is 828 g/mol. The Balaban J connectivity index is 4.29. The van der Waals surface area contributed by atoms with Gasteiger partial charge in [-0.1, -0.05) is 149 Å². The fourth-order valence-corrected chi connectivity index (χ4v) is 5.68. The molecule has 0 saturated heterocycles. The SMILES string of the molecule is CC/C=C\C/C=C\C/C=C\C/C=C\C/C=C\C/C=C\C/C=C\C/C=C\C/C=C\CCCC(=O)OC(COC(=O)CCCCCCC)COP(=O)([O-])OCC[N+](C)(C)C. The first kappa shape index (κ1) is 54.7. The molecule has 0 aromatic rings. The molecule has 0 saturated carbocycles. The maximum atomic E-state index is 12.6. The summed E-state index contributed by atoms with van der Waals surface area (Å²) in [6.07, 6.45) is 53.3. The highest BCUT2D eigenvalue weighted by atomic mass is 31.2. The van der Waals surface area contributed by atoms with Crippen LogP contribution in [0.25, 0.3) is 0 Å². The van der Waals surface area contributed by atoms with Gasteiger partial charge in [-0.25, -0.2) is 0 Å². The van der Waals surface area contributed by atoms with Crippen molar-refractivity contribution in [1.82, 2.24) is 0 Å². The summed E-state index contributed by atoms with van der Waals surface area (Å²) in [5, 5.41) is 0. The molecule has 0 aliphatic carbocycles. The Morgan fingerprint density at radius 2 is 0.983 bits per heavy atom. The van der Waals surface area contributed by atoms with Crippen molar-refractivity contribution in [3.05, 3.63) is 109 Å². The molecule has 0 aromatic heterocycles. The largest absolute Gasteiger partial charge is 0.756 e. The van der Waals surface area contributed by atoms with Crippen molar-refractivity contribution in [1.29, 1.82) is 0 Å². The van der Waals surface area contributed by atoms with Crippen LogP contribution in [0.1, 0.15) is 129 Å². The Bertz CT molecular complexity index is 1350. The van der Waals surface area contributed by atoms with Crippen LogP contribution in [0.5, 0.6) is 0 Å². The van der Waals surface area contributed by atoms with E-state index in [0.29, 0.717) is 30.3 Å². The summed E-state index contributed by atoms with van der Waals surface area (Å²) in [6, 6.07) is 0. The number of unbranched alkanes of at least 4 members (excludes halogenated alkanes) is 5. The zero-order chi connectivity index (χ0) is 42.8. The van der Waals surface area contributed by atoms with Gasteiger partial charge in [-0.05, 0) is 77.0 Å². The number of likely N-dealkylation sites (N-methyl/N-ethyl adjacent to an activating group) is 1. The van der Waals surface area contributed by atoms with Crippen molar-refractivity contribution in [2.75, 3.05) is 47.5 Å². The number of allylic oxidation sites excluding steroid dienone is 18. The summed E-state index contributed by atoms with van der Waals surface area (Å²) in [5.41, 5.74) is 0. The van der Waals surface area contributed by atoms with Gasteiger partial charge in [0.15, 0.2) is 6.10 Å². The Kier molecular flexibility index (Phi) is 36.9. The maximum absolute atomic E-state index is 12.6. The number of carbonyl (C=O) groups is 2. The van der Waals surface area contributed by atoms with Crippen molar-refractivity contribution in [2.45, 2.75) is 136 Å². The zero-order valence-electron chi connectivity index (χ0n) is 36.7. The van der Waals surface area contributed by atoms with Crippen LogP contribution >= 0.6 is 7.82 Å². The monoisotopic (exact) mass is 828 g/mol. The molecule has 2 unspecified atom stereocenters. The molecule has 0 aliphatic heterocycles. The van der Waals surface area contributed by atoms with E-state index in [1.54, 1.807) is 0 Å². The lowest BCUT2D eigenvalue weighted by Crippen LogP contribution is -2.37. The summed E-state index contributed by atoms with van der Waals surface area (Å²) in [6.45, 7) is 3.90. The molecule has 328 valence electrons. The van der Waals surface area contributed by atoms with Gasteiger partial charge in [-0.15, -0.1) is 0 Å². The van der Waals surface area contributed by atoms with Crippen LogP contribution in [0.3, 0.4) is 0 Å². The summed E-state index contributed by atoms with van der Waals surface area (Å²) < 4.78 is 33.5. The second-order valence-corrected chi connectivity index (χ2v) is 16.4. The van der Waals surface area contributed by atoms with E-state index in [1.807, 2.05) is 27.2 Å². The maximum Gasteiger partial charge on any atom is 0.306 e. The lowest BCUT2D eigenvalue weighted by atomic mass is 10.1. The Morgan fingerprint density at radius 1 is 0.552 bits per heavy atom. The van der Waals surface area contributed by atoms with Gasteiger partial charge < -0.3 is 27.9 Å². The fourth-order valence-electron chi connectivity index (χ4n) is 4.95. The zero-order valence-corrected chi connectivity index (χ0v) is 37.6. The molecule has 0 N–H and O–H groups in total.